The van der Waals surface area contributed by atoms with Crippen LogP contribution in [0.1, 0.15) is 52.9 Å². The third-order valence-electron chi connectivity index (χ3n) is 3.93. The van der Waals surface area contributed by atoms with Gasteiger partial charge in [-0.05, 0) is 26.2 Å². The van der Waals surface area contributed by atoms with Gasteiger partial charge in [-0.2, -0.15) is 0 Å². The van der Waals surface area contributed by atoms with E-state index >= 15 is 0 Å². The third kappa shape index (κ3) is 4.49. The van der Waals surface area contributed by atoms with Crippen LogP contribution < -0.4 is 5.32 Å². The average Bonchev–Trinajstić information content (AvgIpc) is 2.33. The summed E-state index contributed by atoms with van der Waals surface area (Å²) in [5, 5.41) is 11.5. The van der Waals surface area contributed by atoms with Crippen LogP contribution >= 0.6 is 0 Å². The Morgan fingerprint density at radius 3 is 2.47 bits per heavy atom. The molecule has 0 heterocycles. The van der Waals surface area contributed by atoms with Gasteiger partial charge in [-0.3, -0.25) is 9.59 Å². The molecule has 0 aromatic heterocycles. The van der Waals surface area contributed by atoms with Gasteiger partial charge in [-0.15, -0.1) is 0 Å². The van der Waals surface area contributed by atoms with Crippen LogP contribution in [-0.4, -0.2) is 35.7 Å². The minimum absolute atomic E-state index is 0.0124. The Hall–Kier alpha value is -1.10. The maximum atomic E-state index is 11.7. The monoisotopic (exact) mass is 271 g/mol. The zero-order chi connectivity index (χ0) is 14.5. The van der Waals surface area contributed by atoms with Crippen LogP contribution in [0.15, 0.2) is 0 Å². The summed E-state index contributed by atoms with van der Waals surface area (Å²) in [6.07, 6.45) is 2.79. The molecular weight excluding hydrogens is 246 g/mol. The Labute approximate surface area is 114 Å². The SMILES string of the molecule is CCOC1CC(NC(=O)CCCCC(=O)O)C1(C)C. The smallest absolute Gasteiger partial charge is 0.303 e. The molecule has 19 heavy (non-hydrogen) atoms. The molecule has 1 saturated carbocycles. The van der Waals surface area contributed by atoms with Crippen LogP contribution in [0.4, 0.5) is 0 Å². The van der Waals surface area contributed by atoms with Gasteiger partial charge < -0.3 is 15.2 Å². The molecule has 2 N–H and O–H groups in total. The number of carbonyl (C=O) groups is 2. The van der Waals surface area contributed by atoms with Gasteiger partial charge in [0, 0.05) is 30.9 Å². The number of rotatable bonds is 8. The molecule has 110 valence electrons. The van der Waals surface area contributed by atoms with Crippen molar-refractivity contribution in [1.82, 2.24) is 5.32 Å². The first-order chi connectivity index (χ1) is 8.87. The zero-order valence-electron chi connectivity index (χ0n) is 12.1. The number of carboxylic acid groups (broad SMARTS) is 1. The lowest BCUT2D eigenvalue weighted by molar-refractivity contribution is -0.138. The summed E-state index contributed by atoms with van der Waals surface area (Å²) in [4.78, 5) is 22.1. The van der Waals surface area contributed by atoms with E-state index in [4.69, 9.17) is 9.84 Å². The van der Waals surface area contributed by atoms with Crippen molar-refractivity contribution in [3.8, 4) is 0 Å². The molecule has 5 heteroatoms. The van der Waals surface area contributed by atoms with Crippen molar-refractivity contribution in [2.45, 2.75) is 65.0 Å². The predicted octanol–water partition coefficient (Wildman–Crippen LogP) is 1.95. The molecular formula is C14H25NO4. The largest absolute Gasteiger partial charge is 0.481 e. The Morgan fingerprint density at radius 2 is 1.95 bits per heavy atom. The highest BCUT2D eigenvalue weighted by molar-refractivity contribution is 5.76. The number of aliphatic carboxylic acids is 1. The molecule has 1 aliphatic rings. The maximum absolute atomic E-state index is 11.7. The standard InChI is InChI=1S/C14H25NO4/c1-4-19-11-9-10(14(11,2)3)15-12(16)7-5-6-8-13(17)18/h10-11H,4-9H2,1-3H3,(H,15,16)(H,17,18). The second-order valence-corrected chi connectivity index (χ2v) is 5.72. The van der Waals surface area contributed by atoms with E-state index in [1.165, 1.54) is 0 Å². The number of nitrogens with one attached hydrogen (secondary N) is 1. The van der Waals surface area contributed by atoms with E-state index in [0.29, 0.717) is 25.9 Å². The minimum Gasteiger partial charge on any atom is -0.481 e. The Kier molecular flexibility index (Phi) is 5.79. The van der Waals surface area contributed by atoms with Crippen LogP contribution in [0.25, 0.3) is 0 Å². The fourth-order valence-electron chi connectivity index (χ4n) is 2.44. The van der Waals surface area contributed by atoms with E-state index < -0.39 is 5.97 Å². The van der Waals surface area contributed by atoms with Gasteiger partial charge >= 0.3 is 5.97 Å². The Balaban J connectivity index is 2.21. The summed E-state index contributed by atoms with van der Waals surface area (Å²) >= 11 is 0. The van der Waals surface area contributed by atoms with Crippen LogP contribution in [-0.2, 0) is 14.3 Å². The lowest BCUT2D eigenvalue weighted by Crippen LogP contribution is -2.62. The summed E-state index contributed by atoms with van der Waals surface area (Å²) in [5.41, 5.74) is -0.0211. The van der Waals surface area contributed by atoms with Crippen molar-refractivity contribution in [1.29, 1.82) is 0 Å². The molecule has 1 fully saturated rings. The second kappa shape index (κ2) is 6.89. The van der Waals surface area contributed by atoms with Crippen molar-refractivity contribution >= 4 is 11.9 Å². The molecule has 0 spiro atoms. The highest BCUT2D eigenvalue weighted by Crippen LogP contribution is 2.42. The lowest BCUT2D eigenvalue weighted by atomic mass is 9.64. The first-order valence-corrected chi connectivity index (χ1v) is 7.00. The van der Waals surface area contributed by atoms with Gasteiger partial charge in [-0.25, -0.2) is 0 Å². The molecule has 0 radical (unpaired) electrons. The van der Waals surface area contributed by atoms with E-state index in [-0.39, 0.29) is 29.9 Å². The van der Waals surface area contributed by atoms with Gasteiger partial charge in [-0.1, -0.05) is 13.8 Å². The van der Waals surface area contributed by atoms with Crippen molar-refractivity contribution in [3.05, 3.63) is 0 Å². The molecule has 0 aromatic rings. The zero-order valence-corrected chi connectivity index (χ0v) is 12.1. The molecule has 2 atom stereocenters. The van der Waals surface area contributed by atoms with Gasteiger partial charge in [0.05, 0.1) is 6.10 Å². The van der Waals surface area contributed by atoms with E-state index in [1.807, 2.05) is 6.92 Å². The normalized spacial score (nSPS) is 24.6. The van der Waals surface area contributed by atoms with Crippen molar-refractivity contribution in [2.24, 2.45) is 5.41 Å². The van der Waals surface area contributed by atoms with E-state index in [1.54, 1.807) is 0 Å². The lowest BCUT2D eigenvalue weighted by Gasteiger charge is -2.51. The number of amides is 1. The molecule has 0 bridgehead atoms. The van der Waals surface area contributed by atoms with Crippen LogP contribution in [0.3, 0.4) is 0 Å². The van der Waals surface area contributed by atoms with Gasteiger partial charge in [0.15, 0.2) is 0 Å². The third-order valence-corrected chi connectivity index (χ3v) is 3.93. The molecule has 0 aromatic carbocycles. The summed E-state index contributed by atoms with van der Waals surface area (Å²) in [6, 6.07) is 0.163. The number of unbranched alkanes of at least 4 members (excludes halogenated alkanes) is 1. The fourth-order valence-corrected chi connectivity index (χ4v) is 2.44. The van der Waals surface area contributed by atoms with Crippen LogP contribution in [0, 0.1) is 5.41 Å². The molecule has 0 saturated heterocycles. The topological polar surface area (TPSA) is 75.6 Å². The number of ether oxygens (including phenoxy) is 1. The van der Waals surface area contributed by atoms with Crippen LogP contribution in [0.2, 0.25) is 0 Å². The van der Waals surface area contributed by atoms with E-state index in [0.717, 1.165) is 6.42 Å². The highest BCUT2D eigenvalue weighted by atomic mass is 16.5. The number of hydrogen-bond donors (Lipinski definition) is 2. The van der Waals surface area contributed by atoms with Crippen molar-refractivity contribution < 1.29 is 19.4 Å². The predicted molar refractivity (Wildman–Crippen MR) is 71.8 cm³/mol. The molecule has 1 aliphatic carbocycles. The van der Waals surface area contributed by atoms with Crippen molar-refractivity contribution in [2.75, 3.05) is 6.61 Å². The summed E-state index contributed by atoms with van der Waals surface area (Å²) in [7, 11) is 0. The van der Waals surface area contributed by atoms with Gasteiger partial charge in [0.25, 0.3) is 0 Å². The van der Waals surface area contributed by atoms with Crippen LogP contribution in [0.5, 0.6) is 0 Å². The number of carbonyl (C=O) groups excluding carboxylic acids is 1. The fraction of sp³-hybridized carbons (Fsp3) is 0.857. The van der Waals surface area contributed by atoms with E-state index in [9.17, 15) is 9.59 Å². The van der Waals surface area contributed by atoms with Crippen molar-refractivity contribution in [3.63, 3.8) is 0 Å². The highest BCUT2D eigenvalue weighted by Gasteiger charge is 2.49. The quantitative estimate of drug-likeness (QED) is 0.662. The maximum Gasteiger partial charge on any atom is 0.303 e. The number of hydrogen-bond acceptors (Lipinski definition) is 3. The van der Waals surface area contributed by atoms with Gasteiger partial charge in [0.2, 0.25) is 5.91 Å². The minimum atomic E-state index is -0.805. The molecule has 1 rings (SSSR count). The first kappa shape index (κ1) is 16.0. The molecule has 5 nitrogen and oxygen atoms in total. The summed E-state index contributed by atoms with van der Waals surface area (Å²) in [5.74, 6) is -0.793. The number of carboxylic acids is 1. The first-order valence-electron chi connectivity index (χ1n) is 7.00. The molecule has 2 unspecified atom stereocenters. The Bertz CT molecular complexity index is 327. The average molecular weight is 271 g/mol. The van der Waals surface area contributed by atoms with Gasteiger partial charge in [0.1, 0.15) is 0 Å². The summed E-state index contributed by atoms with van der Waals surface area (Å²) < 4.78 is 5.61. The molecule has 0 aliphatic heterocycles. The second-order valence-electron chi connectivity index (χ2n) is 5.72. The van der Waals surface area contributed by atoms with E-state index in [2.05, 4.69) is 19.2 Å². The Morgan fingerprint density at radius 1 is 1.32 bits per heavy atom. The molecule has 1 amide bonds. The summed E-state index contributed by atoms with van der Waals surface area (Å²) in [6.45, 7) is 6.88.